The molecule has 1 unspecified atom stereocenters. The second kappa shape index (κ2) is 5.84. The third kappa shape index (κ3) is 3.04. The van der Waals surface area contributed by atoms with E-state index in [-0.39, 0.29) is 29.9 Å². The second-order valence-corrected chi connectivity index (χ2v) is 5.13. The van der Waals surface area contributed by atoms with Crippen LogP contribution in [0.4, 0.5) is 14.5 Å². The Morgan fingerprint density at radius 3 is 2.21 bits per heavy atom. The van der Waals surface area contributed by atoms with Gasteiger partial charge in [-0.1, -0.05) is 0 Å². The fourth-order valence-corrected chi connectivity index (χ4v) is 2.62. The SMILES string of the molecule is CC(O)C1CCN(c2c(F)cc(CO)cc2F)CC1. The van der Waals surface area contributed by atoms with Crippen molar-refractivity contribution in [2.75, 3.05) is 18.0 Å². The number of piperidine rings is 1. The first-order valence-electron chi connectivity index (χ1n) is 6.54. The smallest absolute Gasteiger partial charge is 0.149 e. The summed E-state index contributed by atoms with van der Waals surface area (Å²) < 4.78 is 27.8. The third-order valence-electron chi connectivity index (χ3n) is 3.80. The predicted octanol–water partition coefficient (Wildman–Crippen LogP) is 2.05. The summed E-state index contributed by atoms with van der Waals surface area (Å²) in [6.45, 7) is 2.43. The number of aliphatic hydroxyl groups excluding tert-OH is 2. The van der Waals surface area contributed by atoms with E-state index in [2.05, 4.69) is 0 Å². The average molecular weight is 271 g/mol. The number of benzene rings is 1. The molecular weight excluding hydrogens is 252 g/mol. The van der Waals surface area contributed by atoms with Gasteiger partial charge in [0, 0.05) is 13.1 Å². The molecular formula is C14H19F2NO2. The Kier molecular flexibility index (Phi) is 4.37. The number of rotatable bonds is 3. The van der Waals surface area contributed by atoms with E-state index in [1.165, 1.54) is 12.1 Å². The normalized spacial score (nSPS) is 18.7. The van der Waals surface area contributed by atoms with Crippen LogP contribution in [-0.4, -0.2) is 29.4 Å². The van der Waals surface area contributed by atoms with Crippen molar-refractivity contribution in [1.82, 2.24) is 0 Å². The summed E-state index contributed by atoms with van der Waals surface area (Å²) in [5.41, 5.74) is 0.207. The molecule has 2 N–H and O–H groups in total. The van der Waals surface area contributed by atoms with Gasteiger partial charge in [-0.15, -0.1) is 0 Å². The molecule has 1 heterocycles. The molecule has 106 valence electrons. The molecule has 0 amide bonds. The van der Waals surface area contributed by atoms with Crippen LogP contribution in [0.15, 0.2) is 12.1 Å². The van der Waals surface area contributed by atoms with E-state index in [4.69, 9.17) is 5.11 Å². The van der Waals surface area contributed by atoms with Crippen molar-refractivity contribution in [3.8, 4) is 0 Å². The van der Waals surface area contributed by atoms with E-state index >= 15 is 0 Å². The third-order valence-corrected chi connectivity index (χ3v) is 3.80. The molecule has 1 aromatic rings. The lowest BCUT2D eigenvalue weighted by atomic mass is 9.92. The molecule has 3 nitrogen and oxygen atoms in total. The number of halogens is 2. The number of hydrogen-bond donors (Lipinski definition) is 2. The highest BCUT2D eigenvalue weighted by Crippen LogP contribution is 2.30. The summed E-state index contributed by atoms with van der Waals surface area (Å²) in [4.78, 5) is 1.67. The Labute approximate surface area is 111 Å². The molecule has 0 radical (unpaired) electrons. The van der Waals surface area contributed by atoms with Crippen LogP contribution in [0.2, 0.25) is 0 Å². The first-order chi connectivity index (χ1) is 9.02. The summed E-state index contributed by atoms with van der Waals surface area (Å²) in [6.07, 6.45) is 1.06. The minimum atomic E-state index is -0.639. The molecule has 1 atom stereocenters. The molecule has 1 fully saturated rings. The minimum absolute atomic E-state index is 0.0266. The summed E-state index contributed by atoms with van der Waals surface area (Å²) in [7, 11) is 0. The van der Waals surface area contributed by atoms with Gasteiger partial charge in [0.25, 0.3) is 0 Å². The van der Waals surface area contributed by atoms with Crippen molar-refractivity contribution in [3.63, 3.8) is 0 Å². The van der Waals surface area contributed by atoms with E-state index in [1.807, 2.05) is 0 Å². The van der Waals surface area contributed by atoms with Gasteiger partial charge in [-0.3, -0.25) is 0 Å². The van der Waals surface area contributed by atoms with Crippen molar-refractivity contribution >= 4 is 5.69 Å². The van der Waals surface area contributed by atoms with Crippen molar-refractivity contribution in [1.29, 1.82) is 0 Å². The van der Waals surface area contributed by atoms with E-state index in [0.717, 1.165) is 12.8 Å². The van der Waals surface area contributed by atoms with Crippen LogP contribution in [0.25, 0.3) is 0 Å². The molecule has 2 rings (SSSR count). The van der Waals surface area contributed by atoms with Crippen LogP contribution < -0.4 is 4.90 Å². The largest absolute Gasteiger partial charge is 0.393 e. The maximum Gasteiger partial charge on any atom is 0.149 e. The highest BCUT2D eigenvalue weighted by Gasteiger charge is 2.26. The highest BCUT2D eigenvalue weighted by molar-refractivity contribution is 5.51. The van der Waals surface area contributed by atoms with Crippen molar-refractivity contribution in [2.45, 2.75) is 32.5 Å². The van der Waals surface area contributed by atoms with E-state index in [1.54, 1.807) is 11.8 Å². The molecule has 0 saturated carbocycles. The molecule has 1 aliphatic rings. The Hall–Kier alpha value is -1.20. The zero-order valence-corrected chi connectivity index (χ0v) is 10.9. The van der Waals surface area contributed by atoms with Crippen molar-refractivity contribution in [2.24, 2.45) is 5.92 Å². The predicted molar refractivity (Wildman–Crippen MR) is 68.9 cm³/mol. The van der Waals surface area contributed by atoms with E-state index in [9.17, 15) is 13.9 Å². The van der Waals surface area contributed by atoms with Gasteiger partial charge in [0.05, 0.1) is 12.7 Å². The van der Waals surface area contributed by atoms with Crippen LogP contribution in [0, 0.1) is 17.6 Å². The van der Waals surface area contributed by atoms with Gasteiger partial charge in [-0.2, -0.15) is 0 Å². The van der Waals surface area contributed by atoms with Gasteiger partial charge in [-0.05, 0) is 43.4 Å². The standard InChI is InChI=1S/C14H19F2NO2/c1-9(19)11-2-4-17(5-3-11)14-12(15)6-10(8-18)7-13(14)16/h6-7,9,11,18-19H,2-5,8H2,1H3. The maximum absolute atomic E-state index is 13.9. The molecule has 0 bridgehead atoms. The molecule has 0 aromatic heterocycles. The Morgan fingerprint density at radius 1 is 1.26 bits per heavy atom. The molecule has 1 aromatic carbocycles. The van der Waals surface area contributed by atoms with Crippen LogP contribution in [-0.2, 0) is 6.61 Å². The minimum Gasteiger partial charge on any atom is -0.393 e. The van der Waals surface area contributed by atoms with Gasteiger partial charge in [0.15, 0.2) is 0 Å². The van der Waals surface area contributed by atoms with E-state index < -0.39 is 11.6 Å². The molecule has 5 heteroatoms. The lowest BCUT2D eigenvalue weighted by molar-refractivity contribution is 0.109. The summed E-state index contributed by atoms with van der Waals surface area (Å²) in [5, 5.41) is 18.4. The lowest BCUT2D eigenvalue weighted by Crippen LogP contribution is -2.38. The maximum atomic E-state index is 13.9. The first-order valence-corrected chi connectivity index (χ1v) is 6.54. The lowest BCUT2D eigenvalue weighted by Gasteiger charge is -2.35. The van der Waals surface area contributed by atoms with Crippen molar-refractivity contribution < 1.29 is 19.0 Å². The van der Waals surface area contributed by atoms with Gasteiger partial charge < -0.3 is 15.1 Å². The Bertz CT molecular complexity index is 420. The van der Waals surface area contributed by atoms with Gasteiger partial charge in [0.1, 0.15) is 17.3 Å². The topological polar surface area (TPSA) is 43.7 Å². The van der Waals surface area contributed by atoms with Crippen LogP contribution in [0.5, 0.6) is 0 Å². The fraction of sp³-hybridized carbons (Fsp3) is 0.571. The average Bonchev–Trinajstić information content (AvgIpc) is 2.38. The number of nitrogens with zero attached hydrogens (tertiary/aromatic N) is 1. The van der Waals surface area contributed by atoms with Gasteiger partial charge in [-0.25, -0.2) is 8.78 Å². The summed E-state index contributed by atoms with van der Waals surface area (Å²) >= 11 is 0. The monoisotopic (exact) mass is 271 g/mol. The summed E-state index contributed by atoms with van der Waals surface area (Å²) in [5.74, 6) is -1.09. The van der Waals surface area contributed by atoms with Gasteiger partial charge in [0.2, 0.25) is 0 Å². The molecule has 19 heavy (non-hydrogen) atoms. The van der Waals surface area contributed by atoms with Crippen LogP contribution in [0.3, 0.4) is 0 Å². The van der Waals surface area contributed by atoms with Crippen LogP contribution >= 0.6 is 0 Å². The second-order valence-electron chi connectivity index (χ2n) is 5.13. The van der Waals surface area contributed by atoms with Crippen molar-refractivity contribution in [3.05, 3.63) is 29.3 Å². The Balaban J connectivity index is 2.15. The molecule has 0 spiro atoms. The molecule has 1 saturated heterocycles. The zero-order chi connectivity index (χ0) is 14.0. The first kappa shape index (κ1) is 14.2. The number of aliphatic hydroxyl groups is 2. The number of anilines is 1. The van der Waals surface area contributed by atoms with Gasteiger partial charge >= 0.3 is 0 Å². The summed E-state index contributed by atoms with van der Waals surface area (Å²) in [6, 6.07) is 2.33. The van der Waals surface area contributed by atoms with Crippen LogP contribution in [0.1, 0.15) is 25.3 Å². The highest BCUT2D eigenvalue weighted by atomic mass is 19.1. The molecule has 1 aliphatic heterocycles. The fourth-order valence-electron chi connectivity index (χ4n) is 2.62. The zero-order valence-electron chi connectivity index (χ0n) is 10.9. The number of hydrogen-bond acceptors (Lipinski definition) is 3. The quantitative estimate of drug-likeness (QED) is 0.884. The van der Waals surface area contributed by atoms with E-state index in [0.29, 0.717) is 13.1 Å². The molecule has 0 aliphatic carbocycles. The Morgan fingerprint density at radius 2 is 1.79 bits per heavy atom.